The monoisotopic (exact) mass is 216 g/mol. The largest absolute Gasteiger partial charge is 0.480 e. The van der Waals surface area contributed by atoms with Gasteiger partial charge >= 0.3 is 5.97 Å². The van der Waals surface area contributed by atoms with Crippen LogP contribution in [0.3, 0.4) is 0 Å². The van der Waals surface area contributed by atoms with Gasteiger partial charge < -0.3 is 16.2 Å². The van der Waals surface area contributed by atoms with E-state index in [0.29, 0.717) is 13.0 Å². The fraction of sp³-hybridized carbons (Fsp3) is 0.800. The lowest BCUT2D eigenvalue weighted by Crippen LogP contribution is -2.35. The molecule has 0 aliphatic carbocycles. The Morgan fingerprint density at radius 2 is 2.07 bits per heavy atom. The average Bonchev–Trinajstić information content (AvgIpc) is 2.18. The molecule has 4 N–H and O–H groups in total. The van der Waals surface area contributed by atoms with Crippen LogP contribution >= 0.6 is 0 Å². The summed E-state index contributed by atoms with van der Waals surface area (Å²) >= 11 is 0. The van der Waals surface area contributed by atoms with Crippen LogP contribution in [0.4, 0.5) is 0 Å². The van der Waals surface area contributed by atoms with Crippen LogP contribution in [-0.2, 0) is 9.59 Å². The number of amides is 1. The van der Waals surface area contributed by atoms with E-state index >= 15 is 0 Å². The molecular weight excluding hydrogens is 196 g/mol. The van der Waals surface area contributed by atoms with Gasteiger partial charge in [-0.1, -0.05) is 19.8 Å². The highest BCUT2D eigenvalue weighted by Gasteiger charge is 2.10. The molecule has 0 rings (SSSR count). The fourth-order valence-corrected chi connectivity index (χ4v) is 1.11. The van der Waals surface area contributed by atoms with Crippen molar-refractivity contribution in [3.63, 3.8) is 0 Å². The number of aliphatic carboxylic acids is 1. The van der Waals surface area contributed by atoms with Gasteiger partial charge in [0.05, 0.1) is 0 Å². The van der Waals surface area contributed by atoms with Gasteiger partial charge in [0.25, 0.3) is 0 Å². The number of nitrogens with two attached hydrogens (primary N) is 1. The summed E-state index contributed by atoms with van der Waals surface area (Å²) in [6.45, 7) is 2.40. The molecule has 0 aromatic carbocycles. The quantitative estimate of drug-likeness (QED) is 0.515. The Bertz CT molecular complexity index is 207. The molecule has 0 spiro atoms. The Hall–Kier alpha value is -1.10. The predicted molar refractivity (Wildman–Crippen MR) is 57.4 cm³/mol. The second-order valence-corrected chi connectivity index (χ2v) is 3.54. The van der Waals surface area contributed by atoms with Crippen molar-refractivity contribution in [1.82, 2.24) is 5.32 Å². The third kappa shape index (κ3) is 7.93. The smallest absolute Gasteiger partial charge is 0.320 e. The molecule has 5 nitrogen and oxygen atoms in total. The van der Waals surface area contributed by atoms with Crippen LogP contribution in [-0.4, -0.2) is 29.6 Å². The van der Waals surface area contributed by atoms with Gasteiger partial charge in [-0.2, -0.15) is 0 Å². The summed E-state index contributed by atoms with van der Waals surface area (Å²) in [5.41, 5.74) is 5.27. The maximum Gasteiger partial charge on any atom is 0.320 e. The van der Waals surface area contributed by atoms with Crippen LogP contribution in [0.1, 0.15) is 39.0 Å². The molecular formula is C10H20N2O3. The standard InChI is InChI=1S/C10H20N2O3/c1-2-3-4-5-9(13)12-7-6-8(11)10(14)15/h8H,2-7,11H2,1H3,(H,12,13)(H,14,15). The number of hydrogen-bond acceptors (Lipinski definition) is 3. The predicted octanol–water partition coefficient (Wildman–Crippen LogP) is 0.485. The van der Waals surface area contributed by atoms with Gasteiger partial charge in [-0.05, 0) is 12.8 Å². The van der Waals surface area contributed by atoms with E-state index < -0.39 is 12.0 Å². The first-order valence-corrected chi connectivity index (χ1v) is 5.33. The first-order valence-electron chi connectivity index (χ1n) is 5.33. The van der Waals surface area contributed by atoms with Crippen LogP contribution < -0.4 is 11.1 Å². The third-order valence-electron chi connectivity index (χ3n) is 2.10. The molecule has 0 radical (unpaired) electrons. The lowest BCUT2D eigenvalue weighted by molar-refractivity contribution is -0.138. The maximum atomic E-state index is 11.2. The van der Waals surface area contributed by atoms with Crippen molar-refractivity contribution in [3.8, 4) is 0 Å². The Morgan fingerprint density at radius 1 is 1.40 bits per heavy atom. The number of carbonyl (C=O) groups is 2. The molecule has 1 unspecified atom stereocenters. The van der Waals surface area contributed by atoms with E-state index in [1.54, 1.807) is 0 Å². The lowest BCUT2D eigenvalue weighted by Gasteiger charge is -2.07. The highest BCUT2D eigenvalue weighted by atomic mass is 16.4. The minimum absolute atomic E-state index is 0.0268. The summed E-state index contributed by atoms with van der Waals surface area (Å²) in [6, 6.07) is -0.888. The average molecular weight is 216 g/mol. The molecule has 88 valence electrons. The summed E-state index contributed by atoms with van der Waals surface area (Å²) in [6.07, 6.45) is 3.79. The van der Waals surface area contributed by atoms with E-state index in [2.05, 4.69) is 12.2 Å². The third-order valence-corrected chi connectivity index (χ3v) is 2.10. The molecule has 0 fully saturated rings. The molecule has 15 heavy (non-hydrogen) atoms. The molecule has 0 saturated carbocycles. The summed E-state index contributed by atoms with van der Waals surface area (Å²) in [7, 11) is 0. The van der Waals surface area contributed by atoms with Crippen molar-refractivity contribution in [2.45, 2.75) is 45.1 Å². The topological polar surface area (TPSA) is 92.4 Å². The molecule has 1 amide bonds. The van der Waals surface area contributed by atoms with Crippen LogP contribution in [0.15, 0.2) is 0 Å². The molecule has 0 aliphatic rings. The first kappa shape index (κ1) is 13.9. The lowest BCUT2D eigenvalue weighted by atomic mass is 10.2. The van der Waals surface area contributed by atoms with Crippen molar-refractivity contribution >= 4 is 11.9 Å². The number of carbonyl (C=O) groups excluding carboxylic acids is 1. The van der Waals surface area contributed by atoms with Crippen LogP contribution in [0.2, 0.25) is 0 Å². The minimum atomic E-state index is -1.03. The zero-order valence-electron chi connectivity index (χ0n) is 9.16. The summed E-state index contributed by atoms with van der Waals surface area (Å²) in [5, 5.41) is 11.1. The molecule has 0 aromatic heterocycles. The van der Waals surface area contributed by atoms with Gasteiger partial charge in [-0.15, -0.1) is 0 Å². The molecule has 1 atom stereocenters. The van der Waals surface area contributed by atoms with Gasteiger partial charge in [0, 0.05) is 13.0 Å². The second-order valence-electron chi connectivity index (χ2n) is 3.54. The van der Waals surface area contributed by atoms with Gasteiger partial charge in [0.15, 0.2) is 0 Å². The molecule has 0 saturated heterocycles. The van der Waals surface area contributed by atoms with Gasteiger partial charge in [-0.25, -0.2) is 0 Å². The number of carboxylic acids is 1. The van der Waals surface area contributed by atoms with Gasteiger partial charge in [-0.3, -0.25) is 9.59 Å². The Balaban J connectivity index is 3.42. The molecule has 0 bridgehead atoms. The van der Waals surface area contributed by atoms with E-state index in [0.717, 1.165) is 19.3 Å². The van der Waals surface area contributed by atoms with E-state index in [1.165, 1.54) is 0 Å². The Morgan fingerprint density at radius 3 is 2.60 bits per heavy atom. The fourth-order valence-electron chi connectivity index (χ4n) is 1.11. The SMILES string of the molecule is CCCCCC(=O)NCCC(N)C(=O)O. The Kier molecular flexibility index (Phi) is 7.62. The van der Waals surface area contributed by atoms with Crippen molar-refractivity contribution in [3.05, 3.63) is 0 Å². The van der Waals surface area contributed by atoms with E-state index in [4.69, 9.17) is 10.8 Å². The molecule has 0 aromatic rings. The number of unbranched alkanes of at least 4 members (excludes halogenated alkanes) is 2. The Labute approximate surface area is 90.0 Å². The van der Waals surface area contributed by atoms with Gasteiger partial charge in [0.2, 0.25) is 5.91 Å². The molecule has 0 heterocycles. The van der Waals surface area contributed by atoms with Crippen LogP contribution in [0.25, 0.3) is 0 Å². The zero-order valence-corrected chi connectivity index (χ0v) is 9.16. The van der Waals surface area contributed by atoms with Crippen molar-refractivity contribution in [1.29, 1.82) is 0 Å². The van der Waals surface area contributed by atoms with E-state index in [-0.39, 0.29) is 12.3 Å². The maximum absolute atomic E-state index is 11.2. The summed E-state index contributed by atoms with van der Waals surface area (Å²) < 4.78 is 0. The summed E-state index contributed by atoms with van der Waals surface area (Å²) in [4.78, 5) is 21.5. The van der Waals surface area contributed by atoms with Gasteiger partial charge in [0.1, 0.15) is 6.04 Å². The highest BCUT2D eigenvalue weighted by molar-refractivity contribution is 5.76. The number of nitrogens with one attached hydrogen (secondary N) is 1. The first-order chi connectivity index (χ1) is 7.07. The minimum Gasteiger partial charge on any atom is -0.480 e. The van der Waals surface area contributed by atoms with Crippen LogP contribution in [0, 0.1) is 0 Å². The van der Waals surface area contributed by atoms with Crippen molar-refractivity contribution in [2.24, 2.45) is 5.73 Å². The highest BCUT2D eigenvalue weighted by Crippen LogP contribution is 1.98. The van der Waals surface area contributed by atoms with Crippen molar-refractivity contribution < 1.29 is 14.7 Å². The van der Waals surface area contributed by atoms with Crippen molar-refractivity contribution in [2.75, 3.05) is 6.54 Å². The van der Waals surface area contributed by atoms with Crippen LogP contribution in [0.5, 0.6) is 0 Å². The number of carboxylic acid groups (broad SMARTS) is 1. The second kappa shape index (κ2) is 8.23. The zero-order chi connectivity index (χ0) is 11.7. The summed E-state index contributed by atoms with van der Waals surface area (Å²) in [5.74, 6) is -1.06. The normalized spacial score (nSPS) is 12.1. The molecule has 5 heteroatoms. The van der Waals surface area contributed by atoms with E-state index in [9.17, 15) is 9.59 Å². The number of hydrogen-bond donors (Lipinski definition) is 3. The van der Waals surface area contributed by atoms with E-state index in [1.807, 2.05) is 0 Å². The molecule has 0 aliphatic heterocycles. The number of rotatable bonds is 8.